The van der Waals surface area contributed by atoms with E-state index in [4.69, 9.17) is 11.6 Å². The number of urea groups is 1. The van der Waals surface area contributed by atoms with Gasteiger partial charge in [-0.3, -0.25) is 14.5 Å². The van der Waals surface area contributed by atoms with Crippen LogP contribution in [0.1, 0.15) is 12.8 Å². The van der Waals surface area contributed by atoms with Gasteiger partial charge in [-0.25, -0.2) is 9.69 Å². The predicted molar refractivity (Wildman–Crippen MR) is 47.8 cm³/mol. The van der Waals surface area contributed by atoms with E-state index in [1.165, 1.54) is 0 Å². The van der Waals surface area contributed by atoms with Crippen LogP contribution in [-0.4, -0.2) is 40.2 Å². The van der Waals surface area contributed by atoms with Gasteiger partial charge in [-0.2, -0.15) is 0 Å². The highest BCUT2D eigenvalue weighted by molar-refractivity contribution is 6.64. The lowest BCUT2D eigenvalue weighted by molar-refractivity contribution is -0.128. The Labute approximate surface area is 85.6 Å². The molecule has 1 saturated carbocycles. The topological polar surface area (TPSA) is 57.7 Å². The molecule has 2 aliphatic rings. The van der Waals surface area contributed by atoms with Crippen LogP contribution in [0.25, 0.3) is 0 Å². The summed E-state index contributed by atoms with van der Waals surface area (Å²) in [5.74, 6) is -0.181. The molecular formula is C8H9ClN2O3. The molecule has 6 heteroatoms. The molecule has 0 radical (unpaired) electrons. The van der Waals surface area contributed by atoms with Gasteiger partial charge in [0.15, 0.2) is 0 Å². The zero-order chi connectivity index (χ0) is 10.3. The summed E-state index contributed by atoms with van der Waals surface area (Å²) in [4.78, 5) is 35.7. The first-order valence-electron chi connectivity index (χ1n) is 4.43. The number of rotatable bonds is 1. The molecule has 2 rings (SSSR count). The third-order valence-corrected chi connectivity index (χ3v) is 2.62. The average Bonchev–Trinajstić information content (AvgIpc) is 2.88. The summed E-state index contributed by atoms with van der Waals surface area (Å²) in [5, 5.41) is -0.818. The van der Waals surface area contributed by atoms with E-state index in [0.717, 1.165) is 22.6 Å². The summed E-state index contributed by atoms with van der Waals surface area (Å²) in [5.41, 5.74) is 0. The first-order valence-corrected chi connectivity index (χ1v) is 4.81. The Balaban J connectivity index is 2.05. The van der Waals surface area contributed by atoms with Gasteiger partial charge in [-0.1, -0.05) is 0 Å². The molecule has 2 fully saturated rings. The van der Waals surface area contributed by atoms with Crippen LogP contribution in [-0.2, 0) is 4.79 Å². The van der Waals surface area contributed by atoms with E-state index in [0.29, 0.717) is 0 Å². The van der Waals surface area contributed by atoms with Crippen LogP contribution in [0.4, 0.5) is 9.59 Å². The number of imide groups is 2. The van der Waals surface area contributed by atoms with Gasteiger partial charge in [0, 0.05) is 19.0 Å². The summed E-state index contributed by atoms with van der Waals surface area (Å²) in [6.07, 6.45) is 1.69. The van der Waals surface area contributed by atoms with Crippen LogP contribution in [0, 0.1) is 5.92 Å². The van der Waals surface area contributed by atoms with Crippen molar-refractivity contribution in [2.75, 3.05) is 13.1 Å². The fraction of sp³-hybridized carbons (Fsp3) is 0.625. The van der Waals surface area contributed by atoms with Crippen molar-refractivity contribution in [1.82, 2.24) is 9.80 Å². The monoisotopic (exact) mass is 216 g/mol. The highest BCUT2D eigenvalue weighted by Crippen LogP contribution is 2.32. The van der Waals surface area contributed by atoms with Gasteiger partial charge >= 0.3 is 11.4 Å². The molecule has 1 aliphatic heterocycles. The van der Waals surface area contributed by atoms with Crippen LogP contribution >= 0.6 is 11.6 Å². The van der Waals surface area contributed by atoms with Crippen molar-refractivity contribution < 1.29 is 14.4 Å². The number of hydrogen-bond donors (Lipinski definition) is 0. The quantitative estimate of drug-likeness (QED) is 0.486. The molecule has 0 aromatic rings. The fourth-order valence-corrected chi connectivity index (χ4v) is 1.61. The number of carbonyl (C=O) groups is 3. The van der Waals surface area contributed by atoms with Crippen molar-refractivity contribution in [3.8, 4) is 0 Å². The number of halogens is 1. The number of nitrogens with zero attached hydrogens (tertiary/aromatic N) is 2. The van der Waals surface area contributed by atoms with Crippen molar-refractivity contribution in [2.24, 2.45) is 5.92 Å². The lowest BCUT2D eigenvalue weighted by atomic mass is 10.3. The van der Waals surface area contributed by atoms with Crippen LogP contribution in [0.5, 0.6) is 0 Å². The zero-order valence-electron chi connectivity index (χ0n) is 7.40. The molecular weight excluding hydrogens is 208 g/mol. The number of hydrogen-bond acceptors (Lipinski definition) is 3. The minimum absolute atomic E-state index is 0.00988. The van der Waals surface area contributed by atoms with E-state index >= 15 is 0 Å². The lowest BCUT2D eigenvalue weighted by Gasteiger charge is -2.13. The second kappa shape index (κ2) is 3.24. The first kappa shape index (κ1) is 9.45. The third-order valence-electron chi connectivity index (χ3n) is 2.41. The summed E-state index contributed by atoms with van der Waals surface area (Å²) in [6.45, 7) is 0.478. The predicted octanol–water partition coefficient (Wildman–Crippen LogP) is 1.02. The average molecular weight is 217 g/mol. The van der Waals surface area contributed by atoms with Gasteiger partial charge in [-0.15, -0.1) is 0 Å². The van der Waals surface area contributed by atoms with Crippen LogP contribution in [0.3, 0.4) is 0 Å². The first-order chi connectivity index (χ1) is 6.61. The normalized spacial score (nSPS) is 21.6. The Morgan fingerprint density at radius 3 is 2.21 bits per heavy atom. The molecule has 1 saturated heterocycles. The highest BCUT2D eigenvalue weighted by atomic mass is 35.5. The minimum Gasteiger partial charge on any atom is -0.274 e. The molecule has 4 amide bonds. The molecule has 14 heavy (non-hydrogen) atoms. The molecule has 1 aliphatic carbocycles. The van der Waals surface area contributed by atoms with Gasteiger partial charge in [0.25, 0.3) is 0 Å². The van der Waals surface area contributed by atoms with E-state index in [-0.39, 0.29) is 24.9 Å². The second-order valence-corrected chi connectivity index (χ2v) is 3.77. The lowest BCUT2D eigenvalue weighted by Crippen LogP contribution is -2.37. The maximum Gasteiger partial charge on any atom is 0.334 e. The molecule has 76 valence electrons. The number of carbonyl (C=O) groups excluding carboxylic acids is 3. The van der Waals surface area contributed by atoms with Crippen LogP contribution in [0.15, 0.2) is 0 Å². The fourth-order valence-electron chi connectivity index (χ4n) is 1.46. The van der Waals surface area contributed by atoms with Crippen LogP contribution in [0.2, 0.25) is 0 Å². The van der Waals surface area contributed by atoms with Gasteiger partial charge in [0.1, 0.15) is 0 Å². The summed E-state index contributed by atoms with van der Waals surface area (Å²) < 4.78 is 0. The van der Waals surface area contributed by atoms with E-state index < -0.39 is 11.4 Å². The molecule has 0 atom stereocenters. The molecule has 0 aromatic heterocycles. The molecule has 0 spiro atoms. The molecule has 1 heterocycles. The standard InChI is InChI=1S/C8H9ClN2O3/c9-7(13)11-4-3-10(8(11)14)6(12)5-1-2-5/h5H,1-4H2. The Morgan fingerprint density at radius 1 is 1.21 bits per heavy atom. The van der Waals surface area contributed by atoms with Gasteiger partial charge in [-0.05, 0) is 24.4 Å². The van der Waals surface area contributed by atoms with Crippen molar-refractivity contribution >= 4 is 28.9 Å². The molecule has 0 bridgehead atoms. The van der Waals surface area contributed by atoms with Crippen molar-refractivity contribution in [3.05, 3.63) is 0 Å². The summed E-state index contributed by atoms with van der Waals surface area (Å²) >= 11 is 5.17. The number of amides is 4. The van der Waals surface area contributed by atoms with Crippen LogP contribution < -0.4 is 0 Å². The molecule has 0 N–H and O–H groups in total. The third kappa shape index (κ3) is 1.48. The summed E-state index contributed by atoms with van der Waals surface area (Å²) in [7, 11) is 0. The summed E-state index contributed by atoms with van der Waals surface area (Å²) in [6, 6.07) is -0.582. The second-order valence-electron chi connectivity index (χ2n) is 3.45. The largest absolute Gasteiger partial charge is 0.334 e. The zero-order valence-corrected chi connectivity index (χ0v) is 8.16. The maximum absolute atomic E-state index is 11.5. The van der Waals surface area contributed by atoms with Crippen molar-refractivity contribution in [3.63, 3.8) is 0 Å². The Bertz CT molecular complexity index is 314. The molecule has 5 nitrogen and oxygen atoms in total. The van der Waals surface area contributed by atoms with E-state index in [2.05, 4.69) is 0 Å². The molecule has 0 unspecified atom stereocenters. The Hall–Kier alpha value is -1.10. The Kier molecular flexibility index (Phi) is 2.19. The highest BCUT2D eigenvalue weighted by Gasteiger charge is 2.42. The van der Waals surface area contributed by atoms with E-state index in [1.54, 1.807) is 0 Å². The van der Waals surface area contributed by atoms with Gasteiger partial charge in [0.05, 0.1) is 0 Å². The SMILES string of the molecule is O=C(Cl)N1CCN(C(=O)C2CC2)C1=O. The van der Waals surface area contributed by atoms with Crippen molar-refractivity contribution in [1.29, 1.82) is 0 Å². The maximum atomic E-state index is 11.5. The van der Waals surface area contributed by atoms with Crippen molar-refractivity contribution in [2.45, 2.75) is 12.8 Å². The minimum atomic E-state index is -0.818. The smallest absolute Gasteiger partial charge is 0.274 e. The Morgan fingerprint density at radius 2 is 1.79 bits per heavy atom. The van der Waals surface area contributed by atoms with E-state index in [9.17, 15) is 14.4 Å². The van der Waals surface area contributed by atoms with E-state index in [1.807, 2.05) is 0 Å². The van der Waals surface area contributed by atoms with Gasteiger partial charge < -0.3 is 0 Å². The molecule has 0 aromatic carbocycles. The van der Waals surface area contributed by atoms with Gasteiger partial charge in [0.2, 0.25) is 5.91 Å².